The summed E-state index contributed by atoms with van der Waals surface area (Å²) < 4.78 is 10.4. The summed E-state index contributed by atoms with van der Waals surface area (Å²) in [6.07, 6.45) is 0. The molecule has 0 spiro atoms. The summed E-state index contributed by atoms with van der Waals surface area (Å²) in [5.74, 6) is 1.39. The van der Waals surface area contributed by atoms with Crippen LogP contribution in [0.4, 0.5) is 0 Å². The Morgan fingerprint density at radius 3 is 2.92 bits per heavy atom. The van der Waals surface area contributed by atoms with Gasteiger partial charge in [0.25, 0.3) is 0 Å². The van der Waals surface area contributed by atoms with Gasteiger partial charge < -0.3 is 9.47 Å². The van der Waals surface area contributed by atoms with E-state index in [1.165, 1.54) is 0 Å². The van der Waals surface area contributed by atoms with Crippen molar-refractivity contribution in [3.05, 3.63) is 23.8 Å². The van der Waals surface area contributed by atoms with Crippen molar-refractivity contribution in [3.8, 4) is 17.6 Å². The predicted octanol–water partition coefficient (Wildman–Crippen LogP) is 2.04. The van der Waals surface area contributed by atoms with Crippen molar-refractivity contribution in [2.24, 2.45) is 0 Å². The lowest BCUT2D eigenvalue weighted by Gasteiger charge is -2.03. The molecule has 0 radical (unpaired) electrons. The molecule has 0 aliphatic carbocycles. The van der Waals surface area contributed by atoms with E-state index >= 15 is 0 Å². The lowest BCUT2D eigenvalue weighted by atomic mass is 10.0. The van der Waals surface area contributed by atoms with Crippen LogP contribution < -0.4 is 9.47 Å². The Kier molecular flexibility index (Phi) is 1.82. The van der Waals surface area contributed by atoms with Gasteiger partial charge >= 0.3 is 0 Å². The standard InChI is InChI=1S/C10H9NO2/c1-7(5-11)8-2-3-9-10(4-8)13-6-12-9/h2-4,7H,6H2,1H3. The monoisotopic (exact) mass is 175 g/mol. The predicted molar refractivity (Wildman–Crippen MR) is 46.6 cm³/mol. The van der Waals surface area contributed by atoms with E-state index in [0.717, 1.165) is 17.1 Å². The number of hydrogen-bond donors (Lipinski definition) is 0. The molecule has 1 atom stereocenters. The highest BCUT2D eigenvalue weighted by Crippen LogP contribution is 2.34. The van der Waals surface area contributed by atoms with Gasteiger partial charge in [0.05, 0.1) is 12.0 Å². The highest BCUT2D eigenvalue weighted by molar-refractivity contribution is 5.46. The van der Waals surface area contributed by atoms with E-state index in [-0.39, 0.29) is 12.7 Å². The van der Waals surface area contributed by atoms with Gasteiger partial charge in [0.1, 0.15) is 0 Å². The molecular formula is C10H9NO2. The van der Waals surface area contributed by atoms with Gasteiger partial charge in [-0.15, -0.1) is 0 Å². The topological polar surface area (TPSA) is 42.2 Å². The fourth-order valence-corrected chi connectivity index (χ4v) is 1.26. The Morgan fingerprint density at radius 2 is 2.15 bits per heavy atom. The number of fused-ring (bicyclic) bond motifs is 1. The number of nitrogens with zero attached hydrogens (tertiary/aromatic N) is 1. The van der Waals surface area contributed by atoms with Crippen LogP contribution in [-0.4, -0.2) is 6.79 Å². The van der Waals surface area contributed by atoms with Crippen LogP contribution in [0, 0.1) is 11.3 Å². The van der Waals surface area contributed by atoms with Crippen LogP contribution in [0.5, 0.6) is 11.5 Å². The van der Waals surface area contributed by atoms with Crippen molar-refractivity contribution in [2.75, 3.05) is 6.79 Å². The van der Waals surface area contributed by atoms with Crippen LogP contribution >= 0.6 is 0 Å². The van der Waals surface area contributed by atoms with Crippen molar-refractivity contribution >= 4 is 0 Å². The number of benzene rings is 1. The average Bonchev–Trinajstić information content (AvgIpc) is 2.63. The first kappa shape index (κ1) is 7.93. The Morgan fingerprint density at radius 1 is 1.38 bits per heavy atom. The molecular weight excluding hydrogens is 166 g/mol. The lowest BCUT2D eigenvalue weighted by Crippen LogP contribution is -1.93. The second kappa shape index (κ2) is 2.98. The third-order valence-corrected chi connectivity index (χ3v) is 2.09. The molecule has 66 valence electrons. The van der Waals surface area contributed by atoms with Gasteiger partial charge in [-0.2, -0.15) is 5.26 Å². The van der Waals surface area contributed by atoms with Crippen LogP contribution in [0.1, 0.15) is 18.4 Å². The minimum atomic E-state index is -0.102. The summed E-state index contributed by atoms with van der Waals surface area (Å²) in [7, 11) is 0. The SMILES string of the molecule is CC(C#N)c1ccc2c(c1)OCO2. The third kappa shape index (κ3) is 1.31. The molecule has 0 N–H and O–H groups in total. The summed E-state index contributed by atoms with van der Waals surface area (Å²) in [6, 6.07) is 7.76. The van der Waals surface area contributed by atoms with Crippen LogP contribution in [0.3, 0.4) is 0 Å². The smallest absolute Gasteiger partial charge is 0.231 e. The summed E-state index contributed by atoms with van der Waals surface area (Å²) in [4.78, 5) is 0. The molecule has 13 heavy (non-hydrogen) atoms. The fraction of sp³-hybridized carbons (Fsp3) is 0.300. The Bertz CT molecular complexity index is 368. The van der Waals surface area contributed by atoms with Crippen molar-refractivity contribution in [1.29, 1.82) is 5.26 Å². The van der Waals surface area contributed by atoms with Crippen LogP contribution in [0.25, 0.3) is 0 Å². The largest absolute Gasteiger partial charge is 0.454 e. The van der Waals surface area contributed by atoms with Gasteiger partial charge in [-0.3, -0.25) is 0 Å². The van der Waals surface area contributed by atoms with E-state index < -0.39 is 0 Å². The van der Waals surface area contributed by atoms with E-state index in [1.807, 2.05) is 25.1 Å². The van der Waals surface area contributed by atoms with Gasteiger partial charge in [-0.25, -0.2) is 0 Å². The molecule has 1 aromatic carbocycles. The highest BCUT2D eigenvalue weighted by Gasteiger charge is 2.14. The zero-order valence-electron chi connectivity index (χ0n) is 7.28. The molecule has 0 bridgehead atoms. The van der Waals surface area contributed by atoms with E-state index in [4.69, 9.17) is 14.7 Å². The first-order chi connectivity index (χ1) is 6.31. The zero-order valence-corrected chi connectivity index (χ0v) is 7.28. The van der Waals surface area contributed by atoms with Gasteiger partial charge in [0.2, 0.25) is 6.79 Å². The van der Waals surface area contributed by atoms with E-state index in [1.54, 1.807) is 0 Å². The zero-order chi connectivity index (χ0) is 9.26. The van der Waals surface area contributed by atoms with Gasteiger partial charge in [-0.1, -0.05) is 6.07 Å². The number of rotatable bonds is 1. The first-order valence-electron chi connectivity index (χ1n) is 4.10. The van der Waals surface area contributed by atoms with Crippen LogP contribution in [-0.2, 0) is 0 Å². The van der Waals surface area contributed by atoms with E-state index in [2.05, 4.69) is 6.07 Å². The summed E-state index contributed by atoms with van der Waals surface area (Å²) in [5, 5.41) is 8.71. The summed E-state index contributed by atoms with van der Waals surface area (Å²) >= 11 is 0. The molecule has 2 rings (SSSR count). The molecule has 0 amide bonds. The van der Waals surface area contributed by atoms with E-state index in [0.29, 0.717) is 0 Å². The summed E-state index contributed by atoms with van der Waals surface area (Å²) in [5.41, 5.74) is 0.965. The maximum absolute atomic E-state index is 8.71. The minimum absolute atomic E-state index is 0.102. The fourth-order valence-electron chi connectivity index (χ4n) is 1.26. The number of ether oxygens (including phenoxy) is 2. The molecule has 0 aromatic heterocycles. The molecule has 1 unspecified atom stereocenters. The van der Waals surface area contributed by atoms with Gasteiger partial charge in [-0.05, 0) is 24.6 Å². The first-order valence-corrected chi connectivity index (χ1v) is 4.10. The highest BCUT2D eigenvalue weighted by atomic mass is 16.7. The third-order valence-electron chi connectivity index (χ3n) is 2.09. The maximum atomic E-state index is 8.71. The van der Waals surface area contributed by atoms with Gasteiger partial charge in [0, 0.05) is 0 Å². The molecule has 0 saturated carbocycles. The molecule has 1 aromatic rings. The maximum Gasteiger partial charge on any atom is 0.231 e. The Balaban J connectivity index is 2.37. The second-order valence-electron chi connectivity index (χ2n) is 2.96. The van der Waals surface area contributed by atoms with E-state index in [9.17, 15) is 0 Å². The number of hydrogen-bond acceptors (Lipinski definition) is 3. The molecule has 1 aliphatic rings. The van der Waals surface area contributed by atoms with Crippen molar-refractivity contribution < 1.29 is 9.47 Å². The minimum Gasteiger partial charge on any atom is -0.454 e. The average molecular weight is 175 g/mol. The van der Waals surface area contributed by atoms with Gasteiger partial charge in [0.15, 0.2) is 11.5 Å². The quantitative estimate of drug-likeness (QED) is 0.655. The second-order valence-corrected chi connectivity index (χ2v) is 2.96. The van der Waals surface area contributed by atoms with Crippen LogP contribution in [0.2, 0.25) is 0 Å². The molecule has 0 saturated heterocycles. The molecule has 1 heterocycles. The lowest BCUT2D eigenvalue weighted by molar-refractivity contribution is 0.174. The van der Waals surface area contributed by atoms with Crippen molar-refractivity contribution in [1.82, 2.24) is 0 Å². The Hall–Kier alpha value is -1.69. The normalized spacial score (nSPS) is 15.1. The molecule has 0 fully saturated rings. The Labute approximate surface area is 76.5 Å². The summed E-state index contributed by atoms with van der Waals surface area (Å²) in [6.45, 7) is 2.14. The van der Waals surface area contributed by atoms with Crippen LogP contribution in [0.15, 0.2) is 18.2 Å². The molecule has 3 heteroatoms. The molecule has 1 aliphatic heterocycles. The number of nitriles is 1. The van der Waals surface area contributed by atoms with Crippen molar-refractivity contribution in [2.45, 2.75) is 12.8 Å². The van der Waals surface area contributed by atoms with Crippen molar-refractivity contribution in [3.63, 3.8) is 0 Å². The molecule has 3 nitrogen and oxygen atoms in total.